The first-order valence-corrected chi connectivity index (χ1v) is 7.97. The van der Waals surface area contributed by atoms with E-state index in [0.717, 1.165) is 0 Å². The van der Waals surface area contributed by atoms with Crippen LogP contribution in [-0.4, -0.2) is 26.6 Å². The van der Waals surface area contributed by atoms with Crippen LogP contribution in [0.3, 0.4) is 0 Å². The number of benzene rings is 1. The number of unbranched alkanes of at least 4 members (excludes halogenated alkanes) is 1. The molecule has 0 bridgehead atoms. The van der Waals surface area contributed by atoms with Crippen molar-refractivity contribution in [1.82, 2.24) is 0 Å². The fourth-order valence-electron chi connectivity index (χ4n) is 1.66. The number of halogens is 2. The van der Waals surface area contributed by atoms with Gasteiger partial charge in [-0.15, -0.1) is 11.6 Å². The predicted molar refractivity (Wildman–Crippen MR) is 73.2 cm³/mol. The third kappa shape index (κ3) is 4.14. The summed E-state index contributed by atoms with van der Waals surface area (Å²) in [5.74, 6) is 0.0352. The molecule has 1 aromatic carbocycles. The van der Waals surface area contributed by atoms with Crippen molar-refractivity contribution in [2.75, 3.05) is 22.5 Å². The molecule has 0 heterocycles. The van der Waals surface area contributed by atoms with Crippen LogP contribution in [0.15, 0.2) is 24.3 Å². The summed E-state index contributed by atoms with van der Waals surface area (Å²) < 4.78 is 38.6. The average molecular weight is 294 g/mol. The highest BCUT2D eigenvalue weighted by atomic mass is 35.5. The molecule has 0 aliphatic rings. The summed E-state index contributed by atoms with van der Waals surface area (Å²) in [4.78, 5) is 0. The molecule has 0 atom stereocenters. The second-order valence-electron chi connectivity index (χ2n) is 3.86. The minimum Gasteiger partial charge on any atom is -0.270 e. The summed E-state index contributed by atoms with van der Waals surface area (Å²) in [6.07, 6.45) is 1.17. The molecule has 0 aliphatic heterocycles. The van der Waals surface area contributed by atoms with Crippen molar-refractivity contribution in [2.45, 2.75) is 19.8 Å². The number of alkyl halides is 1. The van der Waals surface area contributed by atoms with E-state index < -0.39 is 15.8 Å². The van der Waals surface area contributed by atoms with Crippen LogP contribution >= 0.6 is 11.6 Å². The van der Waals surface area contributed by atoms with Crippen LogP contribution in [0.5, 0.6) is 0 Å². The molecule has 6 heteroatoms. The maximum atomic E-state index is 13.1. The number of sulfonamides is 1. The van der Waals surface area contributed by atoms with Crippen LogP contribution in [0.2, 0.25) is 0 Å². The molecule has 0 fully saturated rings. The molecule has 0 aliphatic carbocycles. The summed E-state index contributed by atoms with van der Waals surface area (Å²) >= 11 is 5.52. The van der Waals surface area contributed by atoms with Crippen LogP contribution in [0.1, 0.15) is 19.8 Å². The minimum absolute atomic E-state index is 0.0318. The number of rotatable bonds is 7. The van der Waals surface area contributed by atoms with Crippen molar-refractivity contribution in [1.29, 1.82) is 0 Å². The molecule has 0 spiro atoms. The molecule has 0 aromatic heterocycles. The SMILES string of the molecule is CCN(c1cccc(F)c1)S(=O)(=O)CCCCCl. The summed E-state index contributed by atoms with van der Waals surface area (Å²) in [5.41, 5.74) is 0.364. The molecule has 0 saturated heterocycles. The topological polar surface area (TPSA) is 37.4 Å². The Balaban J connectivity index is 2.88. The van der Waals surface area contributed by atoms with E-state index in [-0.39, 0.29) is 12.3 Å². The molecule has 0 saturated carbocycles. The molecule has 102 valence electrons. The van der Waals surface area contributed by atoms with E-state index >= 15 is 0 Å². The minimum atomic E-state index is -3.41. The molecule has 0 N–H and O–H groups in total. The van der Waals surface area contributed by atoms with Crippen molar-refractivity contribution < 1.29 is 12.8 Å². The van der Waals surface area contributed by atoms with Crippen molar-refractivity contribution in [2.24, 2.45) is 0 Å². The summed E-state index contributed by atoms with van der Waals surface area (Å²) in [6.45, 7) is 2.01. The second kappa shape index (κ2) is 6.95. The van der Waals surface area contributed by atoms with Crippen molar-refractivity contribution >= 4 is 27.3 Å². The van der Waals surface area contributed by atoms with Crippen LogP contribution in [-0.2, 0) is 10.0 Å². The summed E-state index contributed by atoms with van der Waals surface area (Å²) in [5, 5.41) is 0. The molecular weight excluding hydrogens is 277 g/mol. The quantitative estimate of drug-likeness (QED) is 0.572. The predicted octanol–water partition coefficient (Wildman–Crippen LogP) is 3.00. The second-order valence-corrected chi connectivity index (χ2v) is 6.25. The Morgan fingerprint density at radius 1 is 1.33 bits per heavy atom. The first-order chi connectivity index (χ1) is 8.51. The Bertz CT molecular complexity index is 479. The fourth-order valence-corrected chi connectivity index (χ4v) is 3.47. The van der Waals surface area contributed by atoms with Gasteiger partial charge >= 0.3 is 0 Å². The standard InChI is InChI=1S/C12H17ClFNO2S/c1-2-15(12-7-5-6-11(14)10-12)18(16,17)9-4-3-8-13/h5-7,10H,2-4,8-9H2,1H3. The Morgan fingerprint density at radius 3 is 2.61 bits per heavy atom. The zero-order chi connectivity index (χ0) is 13.6. The van der Waals surface area contributed by atoms with E-state index in [1.165, 1.54) is 22.5 Å². The van der Waals surface area contributed by atoms with Crippen LogP contribution in [0.4, 0.5) is 10.1 Å². The van der Waals surface area contributed by atoms with Gasteiger partial charge < -0.3 is 0 Å². The number of hydrogen-bond acceptors (Lipinski definition) is 2. The number of hydrogen-bond donors (Lipinski definition) is 0. The molecular formula is C12H17ClFNO2S. The van der Waals surface area contributed by atoms with Crippen LogP contribution in [0, 0.1) is 5.82 Å². The number of anilines is 1. The highest BCUT2D eigenvalue weighted by Gasteiger charge is 2.20. The summed E-state index contributed by atoms with van der Waals surface area (Å²) in [6, 6.07) is 5.60. The molecule has 1 aromatic rings. The lowest BCUT2D eigenvalue weighted by molar-refractivity contribution is 0.588. The molecule has 1 rings (SSSR count). The summed E-state index contributed by atoms with van der Waals surface area (Å²) in [7, 11) is -3.41. The molecule has 0 radical (unpaired) electrons. The molecule has 0 amide bonds. The first kappa shape index (κ1) is 15.2. The average Bonchev–Trinajstić information content (AvgIpc) is 2.29. The molecule has 0 unspecified atom stereocenters. The van der Waals surface area contributed by atoms with Crippen molar-refractivity contribution in [3.8, 4) is 0 Å². The van der Waals surface area contributed by atoms with Gasteiger partial charge in [0.1, 0.15) is 5.82 Å². The van der Waals surface area contributed by atoms with Gasteiger partial charge in [-0.1, -0.05) is 6.07 Å². The monoisotopic (exact) mass is 293 g/mol. The smallest absolute Gasteiger partial charge is 0.235 e. The Hall–Kier alpha value is -0.810. The zero-order valence-electron chi connectivity index (χ0n) is 10.3. The van der Waals surface area contributed by atoms with E-state index in [9.17, 15) is 12.8 Å². The third-order valence-corrected chi connectivity index (χ3v) is 4.72. The maximum Gasteiger partial charge on any atom is 0.235 e. The molecule has 18 heavy (non-hydrogen) atoms. The van der Waals surface area contributed by atoms with Gasteiger partial charge in [0.25, 0.3) is 0 Å². The Morgan fingerprint density at radius 2 is 2.06 bits per heavy atom. The lowest BCUT2D eigenvalue weighted by atomic mass is 10.3. The first-order valence-electron chi connectivity index (χ1n) is 5.83. The largest absolute Gasteiger partial charge is 0.270 e. The Kier molecular flexibility index (Phi) is 5.88. The number of nitrogens with zero attached hydrogens (tertiary/aromatic N) is 1. The normalized spacial score (nSPS) is 11.5. The highest BCUT2D eigenvalue weighted by molar-refractivity contribution is 7.92. The van der Waals surface area contributed by atoms with Gasteiger partial charge in [0, 0.05) is 12.4 Å². The van der Waals surface area contributed by atoms with Gasteiger partial charge in [-0.2, -0.15) is 0 Å². The van der Waals surface area contributed by atoms with Crippen molar-refractivity contribution in [3.05, 3.63) is 30.1 Å². The van der Waals surface area contributed by atoms with E-state index in [2.05, 4.69) is 0 Å². The maximum absolute atomic E-state index is 13.1. The van der Waals surface area contributed by atoms with E-state index in [1.54, 1.807) is 13.0 Å². The van der Waals surface area contributed by atoms with Gasteiger partial charge in [0.05, 0.1) is 11.4 Å². The lowest BCUT2D eigenvalue weighted by Crippen LogP contribution is -2.32. The lowest BCUT2D eigenvalue weighted by Gasteiger charge is -2.22. The van der Waals surface area contributed by atoms with Crippen LogP contribution in [0.25, 0.3) is 0 Å². The molecule has 3 nitrogen and oxygen atoms in total. The van der Waals surface area contributed by atoms with Gasteiger partial charge in [0.15, 0.2) is 0 Å². The van der Waals surface area contributed by atoms with Crippen molar-refractivity contribution in [3.63, 3.8) is 0 Å². The Labute approximate surface area is 113 Å². The van der Waals surface area contributed by atoms with Gasteiger partial charge in [-0.25, -0.2) is 12.8 Å². The van der Waals surface area contributed by atoms with Gasteiger partial charge in [-0.05, 0) is 38.0 Å². The third-order valence-electron chi connectivity index (χ3n) is 2.51. The van der Waals surface area contributed by atoms with Gasteiger partial charge in [0.2, 0.25) is 10.0 Å². The highest BCUT2D eigenvalue weighted by Crippen LogP contribution is 2.19. The van der Waals surface area contributed by atoms with Crippen LogP contribution < -0.4 is 4.31 Å². The van der Waals surface area contributed by atoms with E-state index in [1.807, 2.05) is 0 Å². The van der Waals surface area contributed by atoms with E-state index in [0.29, 0.717) is 24.4 Å². The zero-order valence-corrected chi connectivity index (χ0v) is 11.8. The van der Waals surface area contributed by atoms with Gasteiger partial charge in [-0.3, -0.25) is 4.31 Å². The fraction of sp³-hybridized carbons (Fsp3) is 0.500. The van der Waals surface area contributed by atoms with E-state index in [4.69, 9.17) is 11.6 Å².